The van der Waals surface area contributed by atoms with Crippen LogP contribution < -0.4 is 10.0 Å². The van der Waals surface area contributed by atoms with Crippen LogP contribution in [0.1, 0.15) is 12.8 Å². The zero-order valence-corrected chi connectivity index (χ0v) is 11.4. The highest BCUT2D eigenvalue weighted by Gasteiger charge is 2.20. The molecular weight excluding hydrogens is 242 g/mol. The van der Waals surface area contributed by atoms with Gasteiger partial charge in [-0.05, 0) is 31.8 Å². The van der Waals surface area contributed by atoms with Crippen molar-refractivity contribution in [1.29, 1.82) is 0 Å². The van der Waals surface area contributed by atoms with Gasteiger partial charge in [-0.3, -0.25) is 0 Å². The molecule has 0 saturated carbocycles. The summed E-state index contributed by atoms with van der Waals surface area (Å²) < 4.78 is 32.4. The van der Waals surface area contributed by atoms with Gasteiger partial charge < -0.3 is 10.1 Å². The first-order valence-electron chi connectivity index (χ1n) is 5.97. The lowest BCUT2D eigenvalue weighted by molar-refractivity contribution is 0.184. The minimum Gasteiger partial charge on any atom is -0.383 e. The van der Waals surface area contributed by atoms with Gasteiger partial charge in [-0.2, -0.15) is 12.7 Å². The standard InChI is InChI=1S/C10H23N3O3S/c1-13(6-7-16-2)17(14,15)12-9-10-4-3-5-11-8-10/h10-12H,3-9H2,1-2H3. The molecule has 0 spiro atoms. The third-order valence-corrected chi connectivity index (χ3v) is 4.51. The van der Waals surface area contributed by atoms with E-state index in [0.717, 1.165) is 25.9 Å². The zero-order chi connectivity index (χ0) is 12.7. The molecule has 1 atom stereocenters. The molecule has 0 radical (unpaired) electrons. The number of hydrogen-bond donors (Lipinski definition) is 2. The lowest BCUT2D eigenvalue weighted by Crippen LogP contribution is -2.44. The van der Waals surface area contributed by atoms with Gasteiger partial charge in [0.1, 0.15) is 0 Å². The van der Waals surface area contributed by atoms with E-state index in [9.17, 15) is 8.42 Å². The van der Waals surface area contributed by atoms with Gasteiger partial charge in [-0.1, -0.05) is 0 Å². The van der Waals surface area contributed by atoms with Crippen LogP contribution in [0.25, 0.3) is 0 Å². The van der Waals surface area contributed by atoms with Crippen molar-refractivity contribution in [3.8, 4) is 0 Å². The van der Waals surface area contributed by atoms with Crippen LogP contribution >= 0.6 is 0 Å². The van der Waals surface area contributed by atoms with Crippen molar-refractivity contribution in [2.45, 2.75) is 12.8 Å². The normalized spacial score (nSPS) is 21.9. The van der Waals surface area contributed by atoms with Crippen LogP contribution in [0.5, 0.6) is 0 Å². The molecule has 1 saturated heterocycles. The van der Waals surface area contributed by atoms with Crippen molar-refractivity contribution in [3.63, 3.8) is 0 Å². The number of ether oxygens (including phenoxy) is 1. The van der Waals surface area contributed by atoms with Gasteiger partial charge in [0.05, 0.1) is 6.61 Å². The first kappa shape index (κ1) is 14.8. The summed E-state index contributed by atoms with van der Waals surface area (Å²) in [7, 11) is -0.243. The van der Waals surface area contributed by atoms with Crippen molar-refractivity contribution < 1.29 is 13.2 Å². The number of rotatable bonds is 7. The molecule has 0 aromatic rings. The van der Waals surface area contributed by atoms with Crippen molar-refractivity contribution in [3.05, 3.63) is 0 Å². The average molecular weight is 265 g/mol. The zero-order valence-electron chi connectivity index (χ0n) is 10.6. The summed E-state index contributed by atoms with van der Waals surface area (Å²) in [6.45, 7) is 3.21. The Labute approximate surface area is 104 Å². The second-order valence-corrected chi connectivity index (χ2v) is 6.24. The van der Waals surface area contributed by atoms with Gasteiger partial charge in [0.25, 0.3) is 10.2 Å². The largest absolute Gasteiger partial charge is 0.383 e. The molecule has 1 aliphatic heterocycles. The Morgan fingerprint density at radius 3 is 2.88 bits per heavy atom. The lowest BCUT2D eigenvalue weighted by Gasteiger charge is -2.24. The molecule has 0 aliphatic carbocycles. The van der Waals surface area contributed by atoms with Crippen LogP contribution in [0.2, 0.25) is 0 Å². The molecule has 6 nitrogen and oxygen atoms in total. The van der Waals surface area contributed by atoms with E-state index in [1.165, 1.54) is 4.31 Å². The first-order chi connectivity index (χ1) is 8.06. The Hall–Kier alpha value is -0.210. The number of piperidine rings is 1. The summed E-state index contributed by atoms with van der Waals surface area (Å²) in [5.74, 6) is 0.398. The minimum atomic E-state index is -3.36. The van der Waals surface area contributed by atoms with Crippen LogP contribution in [-0.4, -0.2) is 59.7 Å². The van der Waals surface area contributed by atoms with Crippen molar-refractivity contribution in [2.24, 2.45) is 5.92 Å². The highest BCUT2D eigenvalue weighted by atomic mass is 32.2. The number of nitrogens with zero attached hydrogens (tertiary/aromatic N) is 1. The third kappa shape index (κ3) is 5.31. The topological polar surface area (TPSA) is 70.7 Å². The Morgan fingerprint density at radius 2 is 2.29 bits per heavy atom. The van der Waals surface area contributed by atoms with E-state index in [4.69, 9.17) is 4.74 Å². The predicted molar refractivity (Wildman–Crippen MR) is 67.0 cm³/mol. The summed E-state index contributed by atoms with van der Waals surface area (Å²) in [5.41, 5.74) is 0. The quantitative estimate of drug-likeness (QED) is 0.645. The molecule has 0 aromatic heterocycles. The van der Waals surface area contributed by atoms with E-state index in [1.54, 1.807) is 14.2 Å². The molecule has 7 heteroatoms. The number of methoxy groups -OCH3 is 1. The molecule has 0 amide bonds. The second kappa shape index (κ2) is 7.27. The summed E-state index contributed by atoms with van der Waals surface area (Å²) in [6.07, 6.45) is 2.20. The highest BCUT2D eigenvalue weighted by molar-refractivity contribution is 7.87. The van der Waals surface area contributed by atoms with Gasteiger partial charge in [-0.25, -0.2) is 4.72 Å². The number of nitrogens with one attached hydrogen (secondary N) is 2. The second-order valence-electron chi connectivity index (χ2n) is 4.38. The summed E-state index contributed by atoms with van der Waals surface area (Å²) in [4.78, 5) is 0. The predicted octanol–water partition coefficient (Wildman–Crippen LogP) is -0.601. The summed E-state index contributed by atoms with van der Waals surface area (Å²) in [5, 5.41) is 3.27. The average Bonchev–Trinajstić information content (AvgIpc) is 2.35. The minimum absolute atomic E-state index is 0.370. The van der Waals surface area contributed by atoms with E-state index in [-0.39, 0.29) is 0 Å². The van der Waals surface area contributed by atoms with Crippen molar-refractivity contribution in [2.75, 3.05) is 46.9 Å². The Morgan fingerprint density at radius 1 is 1.53 bits per heavy atom. The van der Waals surface area contributed by atoms with E-state index in [1.807, 2.05) is 0 Å². The van der Waals surface area contributed by atoms with E-state index < -0.39 is 10.2 Å². The lowest BCUT2D eigenvalue weighted by atomic mass is 10.0. The van der Waals surface area contributed by atoms with Crippen LogP contribution in [0.15, 0.2) is 0 Å². The van der Waals surface area contributed by atoms with Gasteiger partial charge in [0.15, 0.2) is 0 Å². The number of likely N-dealkylation sites (N-methyl/N-ethyl adjacent to an activating group) is 1. The SMILES string of the molecule is COCCN(C)S(=O)(=O)NCC1CCCNC1. The molecule has 2 N–H and O–H groups in total. The van der Waals surface area contributed by atoms with Crippen LogP contribution in [0.4, 0.5) is 0 Å². The Bertz CT molecular complexity index is 302. The fourth-order valence-electron chi connectivity index (χ4n) is 1.77. The molecule has 0 aromatic carbocycles. The number of hydrogen-bond acceptors (Lipinski definition) is 4. The summed E-state index contributed by atoms with van der Waals surface area (Å²) >= 11 is 0. The summed E-state index contributed by atoms with van der Waals surface area (Å²) in [6, 6.07) is 0. The molecule has 0 bridgehead atoms. The van der Waals surface area contributed by atoms with Gasteiger partial charge in [0.2, 0.25) is 0 Å². The fourth-order valence-corrected chi connectivity index (χ4v) is 2.75. The highest BCUT2D eigenvalue weighted by Crippen LogP contribution is 2.09. The molecular formula is C10H23N3O3S. The van der Waals surface area contributed by atoms with E-state index in [0.29, 0.717) is 25.6 Å². The smallest absolute Gasteiger partial charge is 0.279 e. The van der Waals surface area contributed by atoms with E-state index in [2.05, 4.69) is 10.0 Å². The van der Waals surface area contributed by atoms with Gasteiger partial charge in [-0.15, -0.1) is 0 Å². The van der Waals surface area contributed by atoms with Crippen molar-refractivity contribution >= 4 is 10.2 Å². The fraction of sp³-hybridized carbons (Fsp3) is 1.00. The molecule has 102 valence electrons. The Balaban J connectivity index is 2.32. The van der Waals surface area contributed by atoms with Crippen LogP contribution in [0.3, 0.4) is 0 Å². The first-order valence-corrected chi connectivity index (χ1v) is 7.41. The maximum absolute atomic E-state index is 11.8. The maximum atomic E-state index is 11.8. The maximum Gasteiger partial charge on any atom is 0.279 e. The Kier molecular flexibility index (Phi) is 6.35. The molecule has 1 rings (SSSR count). The van der Waals surface area contributed by atoms with Crippen LogP contribution in [0, 0.1) is 5.92 Å². The molecule has 1 fully saturated rings. The monoisotopic (exact) mass is 265 g/mol. The molecule has 1 heterocycles. The van der Waals surface area contributed by atoms with E-state index >= 15 is 0 Å². The molecule has 1 aliphatic rings. The van der Waals surface area contributed by atoms with Crippen molar-refractivity contribution in [1.82, 2.24) is 14.3 Å². The molecule has 17 heavy (non-hydrogen) atoms. The van der Waals surface area contributed by atoms with Gasteiger partial charge >= 0.3 is 0 Å². The van der Waals surface area contributed by atoms with Crippen LogP contribution in [-0.2, 0) is 14.9 Å². The third-order valence-electron chi connectivity index (χ3n) is 2.97. The van der Waals surface area contributed by atoms with Gasteiger partial charge in [0, 0.05) is 27.2 Å². The molecule has 1 unspecified atom stereocenters.